The van der Waals surface area contributed by atoms with Crippen molar-refractivity contribution in [3.63, 3.8) is 0 Å². The van der Waals surface area contributed by atoms with E-state index in [0.29, 0.717) is 24.3 Å². The van der Waals surface area contributed by atoms with E-state index < -0.39 is 0 Å². The number of piperidine rings is 1. The van der Waals surface area contributed by atoms with Crippen LogP contribution in [0, 0.1) is 12.3 Å². The maximum absolute atomic E-state index is 12.3. The van der Waals surface area contributed by atoms with Gasteiger partial charge in [-0.1, -0.05) is 36.3 Å². The molecule has 0 bridgehead atoms. The zero-order valence-electron chi connectivity index (χ0n) is 22.4. The summed E-state index contributed by atoms with van der Waals surface area (Å²) in [5, 5.41) is 1.10. The third kappa shape index (κ3) is 7.13. The van der Waals surface area contributed by atoms with Crippen LogP contribution in [0.25, 0.3) is 23.1 Å². The Labute approximate surface area is 229 Å². The number of para-hydroxylation sites is 1. The number of allylic oxidation sites excluding steroid dienone is 1. The molecule has 7 nitrogen and oxygen atoms in total. The number of methoxy groups -OCH3 is 1. The van der Waals surface area contributed by atoms with E-state index in [4.69, 9.17) is 20.9 Å². The van der Waals surface area contributed by atoms with Crippen molar-refractivity contribution < 1.29 is 19.1 Å². The lowest BCUT2D eigenvalue weighted by atomic mass is 10.0. The van der Waals surface area contributed by atoms with E-state index in [2.05, 4.69) is 23.0 Å². The summed E-state index contributed by atoms with van der Waals surface area (Å²) in [5.74, 6) is 3.65. The molecule has 1 aromatic heterocycles. The second-order valence-electron chi connectivity index (χ2n) is 9.42. The number of likely N-dealkylation sites (tertiary alicyclic amines) is 1. The number of fused-ring (bicyclic) bond motifs is 1. The molecule has 0 unspecified atom stereocenters. The molecule has 2 heterocycles. The summed E-state index contributed by atoms with van der Waals surface area (Å²) in [6, 6.07) is 16.3. The Morgan fingerprint density at radius 2 is 1.97 bits per heavy atom. The number of likely N-dealkylation sites (N-methyl/N-ethyl adjacent to an activating group) is 1. The van der Waals surface area contributed by atoms with Crippen molar-refractivity contribution in [1.29, 1.82) is 0 Å². The van der Waals surface area contributed by atoms with E-state index in [-0.39, 0.29) is 18.6 Å². The van der Waals surface area contributed by atoms with Crippen LogP contribution >= 0.6 is 0 Å². The number of ether oxygens (including phenoxy) is 2. The van der Waals surface area contributed by atoms with Gasteiger partial charge < -0.3 is 14.4 Å². The predicted molar refractivity (Wildman–Crippen MR) is 154 cm³/mol. The highest BCUT2D eigenvalue weighted by atomic mass is 16.5. The van der Waals surface area contributed by atoms with E-state index in [0.717, 1.165) is 53.7 Å². The highest BCUT2D eigenvalue weighted by Crippen LogP contribution is 2.35. The van der Waals surface area contributed by atoms with Crippen molar-refractivity contribution in [3.8, 4) is 23.8 Å². The van der Waals surface area contributed by atoms with E-state index in [1.54, 1.807) is 19.1 Å². The molecule has 7 heteroatoms. The van der Waals surface area contributed by atoms with Crippen LogP contribution in [0.2, 0.25) is 0 Å². The number of benzene rings is 2. The molecule has 1 aliphatic rings. The molecule has 3 aromatic rings. The molecule has 0 aliphatic carbocycles. The van der Waals surface area contributed by atoms with Gasteiger partial charge in [0.1, 0.15) is 12.9 Å². The summed E-state index contributed by atoms with van der Waals surface area (Å²) < 4.78 is 11.6. The number of carbonyl (C=O) groups is 2. The number of hydrogen-bond donors (Lipinski definition) is 0. The third-order valence-corrected chi connectivity index (χ3v) is 6.90. The minimum absolute atomic E-state index is 0.125. The first-order valence-corrected chi connectivity index (χ1v) is 12.9. The molecule has 1 saturated heterocycles. The number of aromatic nitrogens is 1. The number of amides is 1. The first-order valence-electron chi connectivity index (χ1n) is 12.9. The molecular weight excluding hydrogens is 490 g/mol. The molecular formula is C32H33N3O4. The van der Waals surface area contributed by atoms with E-state index in [1.165, 1.54) is 12.2 Å². The molecule has 2 aromatic carbocycles. The molecule has 0 saturated carbocycles. The monoisotopic (exact) mass is 523 g/mol. The van der Waals surface area contributed by atoms with Gasteiger partial charge in [-0.05, 0) is 54.8 Å². The van der Waals surface area contributed by atoms with E-state index in [1.807, 2.05) is 48.6 Å². The summed E-state index contributed by atoms with van der Waals surface area (Å²) >= 11 is 0. The Bertz CT molecular complexity index is 1410. The quantitative estimate of drug-likeness (QED) is 0.220. The Balaban J connectivity index is 1.52. The average Bonchev–Trinajstić information content (AvgIpc) is 2.97. The van der Waals surface area contributed by atoms with Crippen molar-refractivity contribution in [2.24, 2.45) is 0 Å². The third-order valence-electron chi connectivity index (χ3n) is 6.90. The average molecular weight is 524 g/mol. The number of nitrogens with zero attached hydrogens (tertiary/aromatic N) is 3. The van der Waals surface area contributed by atoms with Gasteiger partial charge in [0.05, 0.1) is 18.3 Å². The maximum Gasteiger partial charge on any atom is 0.246 e. The summed E-state index contributed by atoms with van der Waals surface area (Å²) in [6.07, 6.45) is 14.3. The highest BCUT2D eigenvalue weighted by molar-refractivity contribution is 5.91. The number of aldehydes is 1. The van der Waals surface area contributed by atoms with Crippen LogP contribution in [0.3, 0.4) is 0 Å². The van der Waals surface area contributed by atoms with Crippen LogP contribution in [-0.2, 0) is 16.1 Å². The van der Waals surface area contributed by atoms with Crippen molar-refractivity contribution in [2.75, 3.05) is 33.9 Å². The number of carbonyl (C=O) groups excluding carboxylic acids is 2. The zero-order valence-corrected chi connectivity index (χ0v) is 22.4. The molecule has 39 heavy (non-hydrogen) atoms. The van der Waals surface area contributed by atoms with Crippen molar-refractivity contribution >= 4 is 35.2 Å². The standard InChI is InChI=1S/C32H33N3O4/c1-4-20-39-32-26(23-35-17-15-28(16-18-35)34(2)31(37)10-7-19-36)21-24(22-30(32)38-3)11-13-27-14-12-25-8-5-6-9-29(25)33-27/h1,5-14,19,21-22,28H,15-18,20,23H2,2-3H3/b10-7-,13-11+. The summed E-state index contributed by atoms with van der Waals surface area (Å²) in [7, 11) is 3.41. The maximum atomic E-state index is 12.3. The van der Waals surface area contributed by atoms with Crippen LogP contribution in [0.4, 0.5) is 0 Å². The van der Waals surface area contributed by atoms with Crippen LogP contribution in [-0.4, -0.2) is 66.9 Å². The minimum atomic E-state index is -0.157. The second-order valence-corrected chi connectivity index (χ2v) is 9.42. The summed E-state index contributed by atoms with van der Waals surface area (Å²) in [5.41, 5.74) is 3.76. The topological polar surface area (TPSA) is 72.0 Å². The van der Waals surface area contributed by atoms with Crippen molar-refractivity contribution in [2.45, 2.75) is 25.4 Å². The molecule has 4 rings (SSSR count). The fourth-order valence-corrected chi connectivity index (χ4v) is 4.81. The van der Waals surface area contributed by atoms with E-state index in [9.17, 15) is 9.59 Å². The van der Waals surface area contributed by atoms with Gasteiger partial charge in [0.15, 0.2) is 11.5 Å². The molecule has 1 aliphatic heterocycles. The SMILES string of the molecule is C#CCOc1c(CN2CCC(N(C)C(=O)/C=C\C=O)CC2)cc(/C=C/c2ccc3ccccc3n2)cc1OC. The Hall–Kier alpha value is -4.41. The van der Waals surface area contributed by atoms with Crippen LogP contribution < -0.4 is 9.47 Å². The number of terminal acetylenes is 1. The molecule has 0 spiro atoms. The van der Waals surface area contributed by atoms with Gasteiger partial charge in [-0.2, -0.15) is 0 Å². The molecule has 0 radical (unpaired) electrons. The number of hydrogen-bond acceptors (Lipinski definition) is 6. The molecule has 200 valence electrons. The first-order chi connectivity index (χ1) is 19.0. The summed E-state index contributed by atoms with van der Waals surface area (Å²) in [4.78, 5) is 31.6. The van der Waals surface area contributed by atoms with Crippen LogP contribution in [0.1, 0.15) is 29.7 Å². The summed E-state index contributed by atoms with van der Waals surface area (Å²) in [6.45, 7) is 2.43. The number of pyridine rings is 1. The molecule has 0 atom stereocenters. The van der Waals surface area contributed by atoms with Gasteiger partial charge in [-0.25, -0.2) is 4.98 Å². The smallest absolute Gasteiger partial charge is 0.246 e. The fourth-order valence-electron chi connectivity index (χ4n) is 4.81. The molecule has 0 N–H and O–H groups in total. The number of rotatable bonds is 10. The lowest BCUT2D eigenvalue weighted by molar-refractivity contribution is -0.127. The van der Waals surface area contributed by atoms with Gasteiger partial charge in [0.25, 0.3) is 0 Å². The Morgan fingerprint density at radius 3 is 2.72 bits per heavy atom. The molecule has 1 amide bonds. The van der Waals surface area contributed by atoms with Crippen LogP contribution in [0.15, 0.2) is 60.7 Å². The largest absolute Gasteiger partial charge is 0.493 e. The lowest BCUT2D eigenvalue weighted by Crippen LogP contribution is -2.44. The normalized spacial score (nSPS) is 14.5. The van der Waals surface area contributed by atoms with Gasteiger partial charge in [-0.3, -0.25) is 14.5 Å². The van der Waals surface area contributed by atoms with Gasteiger partial charge in [0.2, 0.25) is 5.91 Å². The van der Waals surface area contributed by atoms with Gasteiger partial charge in [0, 0.05) is 49.7 Å². The fraction of sp³-hybridized carbons (Fsp3) is 0.281. The van der Waals surface area contributed by atoms with Crippen molar-refractivity contribution in [1.82, 2.24) is 14.8 Å². The minimum Gasteiger partial charge on any atom is -0.493 e. The van der Waals surface area contributed by atoms with Crippen LogP contribution in [0.5, 0.6) is 11.5 Å². The zero-order chi connectivity index (χ0) is 27.6. The molecule has 1 fully saturated rings. The Morgan fingerprint density at radius 1 is 1.18 bits per heavy atom. The van der Waals surface area contributed by atoms with Gasteiger partial charge in [-0.15, -0.1) is 6.42 Å². The lowest BCUT2D eigenvalue weighted by Gasteiger charge is -2.36. The second kappa shape index (κ2) is 13.4. The Kier molecular flexibility index (Phi) is 9.49. The first kappa shape index (κ1) is 27.6. The predicted octanol–water partition coefficient (Wildman–Crippen LogP) is 4.60. The van der Waals surface area contributed by atoms with Gasteiger partial charge >= 0.3 is 0 Å². The van der Waals surface area contributed by atoms with Crippen molar-refractivity contribution in [3.05, 3.63) is 77.5 Å². The highest BCUT2D eigenvalue weighted by Gasteiger charge is 2.25. The van der Waals surface area contributed by atoms with E-state index >= 15 is 0 Å².